The van der Waals surface area contributed by atoms with E-state index in [1.807, 2.05) is 36.4 Å². The standard InChI is InChI=1S/C18H15IN2O2/c19-11-5-3-4-10(8-11)16-17-13(9-15(21-16)18(22)23)12-6-1-2-7-14(12)20-17/h1-8,15-16,20-21H,9H2,(H,22,23)/t15-,16+/m0/s1. The topological polar surface area (TPSA) is 65.1 Å². The van der Waals surface area contributed by atoms with Crippen molar-refractivity contribution in [3.63, 3.8) is 0 Å². The number of carboxylic acids is 1. The summed E-state index contributed by atoms with van der Waals surface area (Å²) in [4.78, 5) is 15.1. The fraction of sp³-hybridized carbons (Fsp3) is 0.167. The number of aromatic amines is 1. The highest BCUT2D eigenvalue weighted by atomic mass is 127. The molecule has 3 N–H and O–H groups in total. The van der Waals surface area contributed by atoms with Crippen molar-refractivity contribution in [2.24, 2.45) is 0 Å². The number of halogens is 1. The molecule has 5 heteroatoms. The molecule has 0 aliphatic carbocycles. The van der Waals surface area contributed by atoms with E-state index in [2.05, 4.69) is 45.0 Å². The fourth-order valence-electron chi connectivity index (χ4n) is 3.34. The monoisotopic (exact) mass is 418 g/mol. The van der Waals surface area contributed by atoms with Gasteiger partial charge in [0.15, 0.2) is 0 Å². The number of rotatable bonds is 2. The Kier molecular flexibility index (Phi) is 3.61. The molecule has 4 nitrogen and oxygen atoms in total. The average molecular weight is 418 g/mol. The molecule has 2 atom stereocenters. The minimum atomic E-state index is -0.809. The van der Waals surface area contributed by atoms with Gasteiger partial charge in [0, 0.05) is 26.6 Å². The van der Waals surface area contributed by atoms with Crippen LogP contribution in [0.15, 0.2) is 48.5 Å². The Hall–Kier alpha value is -1.86. The lowest BCUT2D eigenvalue weighted by Crippen LogP contribution is -2.44. The summed E-state index contributed by atoms with van der Waals surface area (Å²) in [5, 5.41) is 13.9. The number of benzene rings is 2. The summed E-state index contributed by atoms with van der Waals surface area (Å²) >= 11 is 2.28. The molecule has 0 amide bonds. The molecule has 0 fully saturated rings. The highest BCUT2D eigenvalue weighted by Gasteiger charge is 2.33. The van der Waals surface area contributed by atoms with Crippen LogP contribution in [0.5, 0.6) is 0 Å². The molecule has 3 aromatic rings. The summed E-state index contributed by atoms with van der Waals surface area (Å²) in [5.74, 6) is -0.809. The van der Waals surface area contributed by atoms with Crippen LogP contribution >= 0.6 is 22.6 Å². The molecular weight excluding hydrogens is 403 g/mol. The number of carboxylic acid groups (broad SMARTS) is 1. The summed E-state index contributed by atoms with van der Waals surface area (Å²) in [6.07, 6.45) is 0.495. The van der Waals surface area contributed by atoms with Gasteiger partial charge in [0.1, 0.15) is 6.04 Å². The Bertz CT molecular complexity index is 903. The Labute approximate surface area is 147 Å². The second-order valence-corrected chi connectivity index (χ2v) is 7.06. The van der Waals surface area contributed by atoms with Crippen LogP contribution in [-0.2, 0) is 11.2 Å². The fourth-order valence-corrected chi connectivity index (χ4v) is 3.91. The molecule has 0 spiro atoms. The van der Waals surface area contributed by atoms with E-state index in [0.29, 0.717) is 6.42 Å². The van der Waals surface area contributed by atoms with Gasteiger partial charge in [-0.25, -0.2) is 0 Å². The molecule has 2 aromatic carbocycles. The molecule has 1 aromatic heterocycles. The van der Waals surface area contributed by atoms with E-state index in [4.69, 9.17) is 0 Å². The first-order valence-electron chi connectivity index (χ1n) is 7.47. The number of aromatic nitrogens is 1. The zero-order valence-corrected chi connectivity index (χ0v) is 14.4. The molecule has 0 bridgehead atoms. The minimum absolute atomic E-state index is 0.137. The smallest absolute Gasteiger partial charge is 0.321 e. The van der Waals surface area contributed by atoms with E-state index < -0.39 is 12.0 Å². The van der Waals surface area contributed by atoms with Crippen LogP contribution in [0.2, 0.25) is 0 Å². The quantitative estimate of drug-likeness (QED) is 0.559. The van der Waals surface area contributed by atoms with Crippen LogP contribution in [0.25, 0.3) is 10.9 Å². The number of H-pyrrole nitrogens is 1. The largest absolute Gasteiger partial charge is 0.480 e. The Morgan fingerprint density at radius 3 is 2.78 bits per heavy atom. The van der Waals surface area contributed by atoms with E-state index in [1.165, 1.54) is 0 Å². The lowest BCUT2D eigenvalue weighted by Gasteiger charge is -2.29. The molecule has 0 radical (unpaired) electrons. The van der Waals surface area contributed by atoms with Gasteiger partial charge in [-0.2, -0.15) is 0 Å². The third kappa shape index (κ3) is 2.53. The minimum Gasteiger partial charge on any atom is -0.480 e. The van der Waals surface area contributed by atoms with Crippen LogP contribution in [0.3, 0.4) is 0 Å². The first-order chi connectivity index (χ1) is 11.1. The highest BCUT2D eigenvalue weighted by Crippen LogP contribution is 2.35. The summed E-state index contributed by atoms with van der Waals surface area (Å²) in [5.41, 5.74) is 4.32. The van der Waals surface area contributed by atoms with Gasteiger partial charge < -0.3 is 10.1 Å². The molecule has 2 heterocycles. The van der Waals surface area contributed by atoms with E-state index in [-0.39, 0.29) is 6.04 Å². The normalized spacial score (nSPS) is 20.4. The molecular formula is C18H15IN2O2. The number of nitrogens with one attached hydrogen (secondary N) is 2. The first-order valence-corrected chi connectivity index (χ1v) is 8.55. The van der Waals surface area contributed by atoms with Crippen molar-refractivity contribution in [3.8, 4) is 0 Å². The average Bonchev–Trinajstić information content (AvgIpc) is 2.92. The predicted molar refractivity (Wildman–Crippen MR) is 97.6 cm³/mol. The van der Waals surface area contributed by atoms with E-state index >= 15 is 0 Å². The Morgan fingerprint density at radius 2 is 2.00 bits per heavy atom. The number of carbonyl (C=O) groups is 1. The molecule has 1 aliphatic heterocycles. The summed E-state index contributed by atoms with van der Waals surface area (Å²) < 4.78 is 1.14. The first kappa shape index (κ1) is 14.7. The van der Waals surface area contributed by atoms with Gasteiger partial charge in [0.2, 0.25) is 0 Å². The van der Waals surface area contributed by atoms with Crippen LogP contribution in [0.4, 0.5) is 0 Å². The third-order valence-corrected chi connectivity index (χ3v) is 5.06. The maximum atomic E-state index is 11.6. The maximum Gasteiger partial charge on any atom is 0.321 e. The number of para-hydroxylation sites is 1. The predicted octanol–water partition coefficient (Wildman–Crippen LogP) is 3.46. The molecule has 0 saturated carbocycles. The lowest BCUT2D eigenvalue weighted by molar-refractivity contribution is -0.139. The van der Waals surface area contributed by atoms with E-state index in [1.54, 1.807) is 0 Å². The Morgan fingerprint density at radius 1 is 1.17 bits per heavy atom. The number of hydrogen-bond acceptors (Lipinski definition) is 2. The van der Waals surface area contributed by atoms with Gasteiger partial charge in [-0.3, -0.25) is 10.1 Å². The van der Waals surface area contributed by atoms with E-state index in [9.17, 15) is 9.90 Å². The van der Waals surface area contributed by atoms with Crippen molar-refractivity contribution < 1.29 is 9.90 Å². The molecule has 1 aliphatic rings. The van der Waals surface area contributed by atoms with Gasteiger partial charge >= 0.3 is 5.97 Å². The summed E-state index contributed by atoms with van der Waals surface area (Å²) in [7, 11) is 0. The van der Waals surface area contributed by atoms with Crippen molar-refractivity contribution >= 4 is 39.5 Å². The van der Waals surface area contributed by atoms with E-state index in [0.717, 1.165) is 31.3 Å². The van der Waals surface area contributed by atoms with Crippen LogP contribution in [0.1, 0.15) is 22.9 Å². The van der Waals surface area contributed by atoms with Crippen molar-refractivity contribution in [3.05, 3.63) is 68.9 Å². The number of fused-ring (bicyclic) bond motifs is 3. The molecule has 0 unspecified atom stereocenters. The third-order valence-electron chi connectivity index (χ3n) is 4.39. The van der Waals surface area contributed by atoms with Crippen molar-refractivity contribution in [2.45, 2.75) is 18.5 Å². The second-order valence-electron chi connectivity index (χ2n) is 5.81. The number of aliphatic carboxylic acids is 1. The van der Waals surface area contributed by atoms with Crippen LogP contribution in [0, 0.1) is 3.57 Å². The maximum absolute atomic E-state index is 11.6. The van der Waals surface area contributed by atoms with Crippen molar-refractivity contribution in [1.29, 1.82) is 0 Å². The molecule has 23 heavy (non-hydrogen) atoms. The molecule has 116 valence electrons. The van der Waals surface area contributed by atoms with Gasteiger partial charge in [-0.05, 0) is 51.9 Å². The van der Waals surface area contributed by atoms with Crippen LogP contribution in [-0.4, -0.2) is 22.1 Å². The highest BCUT2D eigenvalue weighted by molar-refractivity contribution is 14.1. The SMILES string of the molecule is O=C(O)[C@@H]1Cc2c([nH]c3ccccc23)[C@@H](c2cccc(I)c2)N1. The van der Waals surface area contributed by atoms with Gasteiger partial charge in [-0.1, -0.05) is 30.3 Å². The van der Waals surface area contributed by atoms with Gasteiger partial charge in [0.25, 0.3) is 0 Å². The number of hydrogen-bond donors (Lipinski definition) is 3. The van der Waals surface area contributed by atoms with Crippen LogP contribution < -0.4 is 5.32 Å². The van der Waals surface area contributed by atoms with Gasteiger partial charge in [-0.15, -0.1) is 0 Å². The zero-order chi connectivity index (χ0) is 16.0. The summed E-state index contributed by atoms with van der Waals surface area (Å²) in [6.45, 7) is 0. The zero-order valence-electron chi connectivity index (χ0n) is 12.2. The molecule has 0 saturated heterocycles. The Balaban J connectivity index is 1.91. The van der Waals surface area contributed by atoms with Gasteiger partial charge in [0.05, 0.1) is 6.04 Å². The summed E-state index contributed by atoms with van der Waals surface area (Å²) in [6, 6.07) is 15.5. The lowest BCUT2D eigenvalue weighted by atomic mass is 9.90. The molecule has 4 rings (SSSR count). The van der Waals surface area contributed by atoms with Crippen molar-refractivity contribution in [1.82, 2.24) is 10.3 Å². The van der Waals surface area contributed by atoms with Crippen molar-refractivity contribution in [2.75, 3.05) is 0 Å². The second kappa shape index (κ2) is 5.65.